The molecule has 4 rings (SSSR count). The molecule has 1 aromatic carbocycles. The van der Waals surface area contributed by atoms with Gasteiger partial charge in [-0.25, -0.2) is 0 Å². The molecule has 2 unspecified atom stereocenters. The maximum atomic E-state index is 6.01. The molecule has 5 heteroatoms. The van der Waals surface area contributed by atoms with Crippen LogP contribution in [0.4, 0.5) is 0 Å². The topological polar surface area (TPSA) is 48.9 Å². The van der Waals surface area contributed by atoms with E-state index in [0.29, 0.717) is 5.92 Å². The summed E-state index contributed by atoms with van der Waals surface area (Å²) in [6.07, 6.45) is 5.27. The number of likely N-dealkylation sites (tertiary alicyclic amines) is 1. The number of hydrogen-bond acceptors (Lipinski definition) is 3. The van der Waals surface area contributed by atoms with Gasteiger partial charge in [0.25, 0.3) is 0 Å². The number of nitrogens with zero attached hydrogens (tertiary/aromatic N) is 2. The second-order valence-corrected chi connectivity index (χ2v) is 7.53. The molecule has 1 aromatic rings. The zero-order valence-electron chi connectivity index (χ0n) is 15.2. The smallest absolute Gasteiger partial charge is 0.191 e. The first-order valence-corrected chi connectivity index (χ1v) is 9.82. The Hall–Kier alpha value is -1.75. The molecule has 2 N–H and O–H groups in total. The maximum Gasteiger partial charge on any atom is 0.191 e. The number of guanidine groups is 1. The van der Waals surface area contributed by atoms with E-state index in [4.69, 9.17) is 9.73 Å². The van der Waals surface area contributed by atoms with Crippen LogP contribution in [0.1, 0.15) is 31.7 Å². The summed E-state index contributed by atoms with van der Waals surface area (Å²) < 4.78 is 6.01. The molecule has 3 aliphatic rings. The van der Waals surface area contributed by atoms with Gasteiger partial charge in [-0.15, -0.1) is 0 Å². The van der Waals surface area contributed by atoms with Crippen molar-refractivity contribution >= 4 is 5.96 Å². The lowest BCUT2D eigenvalue weighted by Crippen LogP contribution is -2.42. The van der Waals surface area contributed by atoms with E-state index < -0.39 is 0 Å². The third kappa shape index (κ3) is 4.27. The van der Waals surface area contributed by atoms with E-state index in [1.54, 1.807) is 0 Å². The number of fused-ring (bicyclic) bond motifs is 1. The highest BCUT2D eigenvalue weighted by atomic mass is 16.5. The number of benzene rings is 1. The van der Waals surface area contributed by atoms with Gasteiger partial charge in [0, 0.05) is 32.1 Å². The van der Waals surface area contributed by atoms with Crippen LogP contribution >= 0.6 is 0 Å². The molecule has 1 aliphatic carbocycles. The molecule has 0 spiro atoms. The molecule has 5 nitrogen and oxygen atoms in total. The Morgan fingerprint density at radius 1 is 1.24 bits per heavy atom. The molecule has 2 heterocycles. The largest absolute Gasteiger partial charge is 0.488 e. The molecule has 0 bridgehead atoms. The standard InChI is InChI=1S/C20H30N4O/c1-2-21-20(22-12-15-9-10-24(14-15)17-7-8-17)23-13-18-11-16-5-3-4-6-19(16)25-18/h3-6,15,17-18H,2,7-14H2,1H3,(H2,21,22,23). The van der Waals surface area contributed by atoms with Crippen LogP contribution in [0.15, 0.2) is 29.3 Å². The van der Waals surface area contributed by atoms with Crippen molar-refractivity contribution in [2.24, 2.45) is 10.9 Å². The van der Waals surface area contributed by atoms with Crippen molar-refractivity contribution in [3.05, 3.63) is 29.8 Å². The number of hydrogen-bond donors (Lipinski definition) is 2. The van der Waals surface area contributed by atoms with Gasteiger partial charge in [0.1, 0.15) is 11.9 Å². The number of para-hydroxylation sites is 1. The lowest BCUT2D eigenvalue weighted by molar-refractivity contribution is 0.235. The lowest BCUT2D eigenvalue weighted by atomic mass is 10.1. The van der Waals surface area contributed by atoms with Gasteiger partial charge in [0.05, 0.1) is 6.54 Å². The van der Waals surface area contributed by atoms with Crippen LogP contribution in [-0.2, 0) is 6.42 Å². The molecule has 136 valence electrons. The van der Waals surface area contributed by atoms with Crippen molar-refractivity contribution in [3.8, 4) is 5.75 Å². The van der Waals surface area contributed by atoms with Crippen molar-refractivity contribution in [2.75, 3.05) is 32.7 Å². The van der Waals surface area contributed by atoms with E-state index in [1.807, 2.05) is 6.07 Å². The van der Waals surface area contributed by atoms with E-state index in [0.717, 1.165) is 43.8 Å². The van der Waals surface area contributed by atoms with Gasteiger partial charge in [-0.05, 0) is 50.3 Å². The second kappa shape index (κ2) is 7.65. The Morgan fingerprint density at radius 2 is 2.12 bits per heavy atom. The minimum atomic E-state index is 0.193. The number of aliphatic imine (C=N–C) groups is 1. The predicted octanol–water partition coefficient (Wildman–Crippen LogP) is 2.03. The third-order valence-corrected chi connectivity index (χ3v) is 5.44. The van der Waals surface area contributed by atoms with E-state index in [-0.39, 0.29) is 6.10 Å². The van der Waals surface area contributed by atoms with E-state index in [1.165, 1.54) is 37.9 Å². The number of rotatable bonds is 6. The summed E-state index contributed by atoms with van der Waals surface area (Å²) >= 11 is 0. The molecule has 1 saturated heterocycles. The first-order chi connectivity index (χ1) is 12.3. The molecule has 25 heavy (non-hydrogen) atoms. The van der Waals surface area contributed by atoms with Crippen molar-refractivity contribution in [1.82, 2.24) is 15.5 Å². The molecular weight excluding hydrogens is 312 g/mol. The van der Waals surface area contributed by atoms with Crippen LogP contribution in [0.3, 0.4) is 0 Å². The summed E-state index contributed by atoms with van der Waals surface area (Å²) in [5.74, 6) is 2.66. The Balaban J connectivity index is 1.25. The fraction of sp³-hybridized carbons (Fsp3) is 0.650. The first-order valence-electron chi connectivity index (χ1n) is 9.82. The number of ether oxygens (including phenoxy) is 1. The van der Waals surface area contributed by atoms with Crippen molar-refractivity contribution in [3.63, 3.8) is 0 Å². The van der Waals surface area contributed by atoms with Gasteiger partial charge in [-0.2, -0.15) is 0 Å². The summed E-state index contributed by atoms with van der Waals surface area (Å²) in [4.78, 5) is 7.49. The normalized spacial score (nSPS) is 26.4. The SMILES string of the molecule is CCNC(=NCC1CCN(C2CC2)C1)NCC1Cc2ccccc2O1. The Kier molecular flexibility index (Phi) is 5.11. The highest BCUT2D eigenvalue weighted by Gasteiger charge is 2.34. The molecule has 2 fully saturated rings. The Morgan fingerprint density at radius 3 is 2.92 bits per heavy atom. The van der Waals surface area contributed by atoms with Gasteiger partial charge < -0.3 is 20.3 Å². The quantitative estimate of drug-likeness (QED) is 0.613. The third-order valence-electron chi connectivity index (χ3n) is 5.44. The lowest BCUT2D eigenvalue weighted by Gasteiger charge is -2.17. The van der Waals surface area contributed by atoms with Crippen molar-refractivity contribution < 1.29 is 4.74 Å². The molecule has 0 radical (unpaired) electrons. The van der Waals surface area contributed by atoms with Crippen molar-refractivity contribution in [2.45, 2.75) is 44.8 Å². The van der Waals surface area contributed by atoms with Gasteiger partial charge in [0.15, 0.2) is 5.96 Å². The molecule has 1 saturated carbocycles. The van der Waals surface area contributed by atoms with Crippen LogP contribution in [0.5, 0.6) is 5.75 Å². The molecule has 0 aromatic heterocycles. The molecule has 0 amide bonds. The minimum Gasteiger partial charge on any atom is -0.488 e. The fourth-order valence-electron chi connectivity index (χ4n) is 3.92. The van der Waals surface area contributed by atoms with Gasteiger partial charge in [-0.3, -0.25) is 4.99 Å². The Bertz CT molecular complexity index is 588. The van der Waals surface area contributed by atoms with Crippen LogP contribution < -0.4 is 15.4 Å². The maximum absolute atomic E-state index is 6.01. The van der Waals surface area contributed by atoms with Gasteiger partial charge in [0.2, 0.25) is 0 Å². The minimum absolute atomic E-state index is 0.193. The van der Waals surface area contributed by atoms with E-state index in [2.05, 4.69) is 40.7 Å². The highest BCUT2D eigenvalue weighted by molar-refractivity contribution is 5.79. The summed E-state index contributed by atoms with van der Waals surface area (Å²) in [6.45, 7) is 7.21. The first kappa shape index (κ1) is 16.7. The van der Waals surface area contributed by atoms with Crippen LogP contribution in [-0.4, -0.2) is 55.7 Å². The molecule has 2 atom stereocenters. The van der Waals surface area contributed by atoms with Crippen molar-refractivity contribution in [1.29, 1.82) is 0 Å². The second-order valence-electron chi connectivity index (χ2n) is 7.53. The Labute approximate surface area is 150 Å². The van der Waals surface area contributed by atoms with Gasteiger partial charge in [-0.1, -0.05) is 18.2 Å². The van der Waals surface area contributed by atoms with E-state index in [9.17, 15) is 0 Å². The van der Waals surface area contributed by atoms with Crippen LogP contribution in [0.2, 0.25) is 0 Å². The van der Waals surface area contributed by atoms with Gasteiger partial charge >= 0.3 is 0 Å². The van der Waals surface area contributed by atoms with Crippen LogP contribution in [0, 0.1) is 5.92 Å². The average molecular weight is 342 g/mol. The highest BCUT2D eigenvalue weighted by Crippen LogP contribution is 2.31. The summed E-state index contributed by atoms with van der Waals surface area (Å²) in [5, 5.41) is 6.84. The zero-order chi connectivity index (χ0) is 17.1. The predicted molar refractivity (Wildman–Crippen MR) is 101 cm³/mol. The summed E-state index contributed by atoms with van der Waals surface area (Å²) in [5.41, 5.74) is 1.31. The summed E-state index contributed by atoms with van der Waals surface area (Å²) in [7, 11) is 0. The molecular formula is C20H30N4O. The average Bonchev–Trinajstić information content (AvgIpc) is 3.22. The monoisotopic (exact) mass is 342 g/mol. The van der Waals surface area contributed by atoms with Crippen LogP contribution in [0.25, 0.3) is 0 Å². The van der Waals surface area contributed by atoms with E-state index >= 15 is 0 Å². The summed E-state index contributed by atoms with van der Waals surface area (Å²) in [6, 6.07) is 9.21. The molecule has 2 aliphatic heterocycles. The fourth-order valence-corrected chi connectivity index (χ4v) is 3.92. The zero-order valence-corrected chi connectivity index (χ0v) is 15.2. The number of nitrogens with one attached hydrogen (secondary N) is 2.